The Hall–Kier alpha value is -0.160. The SMILES string of the molecule is CCCCSSCCNC(=O)CCCCC(C)=O. The van der Waals surface area contributed by atoms with Crippen LogP contribution in [0.4, 0.5) is 0 Å². The molecule has 3 nitrogen and oxygen atoms in total. The molecule has 0 rings (SSSR count). The van der Waals surface area contributed by atoms with E-state index in [4.69, 9.17) is 0 Å². The van der Waals surface area contributed by atoms with Crippen molar-refractivity contribution in [1.29, 1.82) is 0 Å². The van der Waals surface area contributed by atoms with Gasteiger partial charge in [0.15, 0.2) is 0 Å². The van der Waals surface area contributed by atoms with Crippen LogP contribution in [0.15, 0.2) is 0 Å². The van der Waals surface area contributed by atoms with Crippen LogP contribution in [0.1, 0.15) is 52.4 Å². The van der Waals surface area contributed by atoms with Gasteiger partial charge in [-0.3, -0.25) is 4.79 Å². The molecule has 0 fully saturated rings. The maximum absolute atomic E-state index is 11.4. The maximum Gasteiger partial charge on any atom is 0.220 e. The molecule has 18 heavy (non-hydrogen) atoms. The third kappa shape index (κ3) is 13.9. The average Bonchev–Trinajstić information content (AvgIpc) is 2.33. The van der Waals surface area contributed by atoms with Gasteiger partial charge in [0.2, 0.25) is 5.91 Å². The molecule has 1 amide bonds. The Labute approximate surface area is 119 Å². The van der Waals surface area contributed by atoms with E-state index in [9.17, 15) is 9.59 Å². The molecule has 0 radical (unpaired) electrons. The molecule has 0 aliphatic rings. The van der Waals surface area contributed by atoms with E-state index >= 15 is 0 Å². The summed E-state index contributed by atoms with van der Waals surface area (Å²) in [5.74, 6) is 2.47. The van der Waals surface area contributed by atoms with Crippen molar-refractivity contribution in [1.82, 2.24) is 5.32 Å². The number of rotatable bonds is 12. The molecule has 0 bridgehead atoms. The molecule has 0 aromatic rings. The monoisotopic (exact) mass is 291 g/mol. The minimum Gasteiger partial charge on any atom is -0.355 e. The third-order valence-electron chi connectivity index (χ3n) is 2.35. The first-order valence-electron chi connectivity index (χ1n) is 6.67. The van der Waals surface area contributed by atoms with Crippen molar-refractivity contribution in [3.8, 4) is 0 Å². The maximum atomic E-state index is 11.4. The molecule has 0 heterocycles. The van der Waals surface area contributed by atoms with Gasteiger partial charge < -0.3 is 10.1 Å². The van der Waals surface area contributed by atoms with Crippen LogP contribution < -0.4 is 5.32 Å². The number of unbranched alkanes of at least 4 members (excludes halogenated alkanes) is 2. The summed E-state index contributed by atoms with van der Waals surface area (Å²) in [7, 11) is 3.71. The molecule has 0 aliphatic heterocycles. The van der Waals surface area contributed by atoms with Crippen LogP contribution >= 0.6 is 21.6 Å². The van der Waals surface area contributed by atoms with E-state index in [2.05, 4.69) is 12.2 Å². The second-order valence-electron chi connectivity index (χ2n) is 4.26. The normalized spacial score (nSPS) is 10.3. The lowest BCUT2D eigenvalue weighted by Gasteiger charge is -2.04. The van der Waals surface area contributed by atoms with E-state index < -0.39 is 0 Å². The van der Waals surface area contributed by atoms with Crippen molar-refractivity contribution in [3.05, 3.63) is 0 Å². The Morgan fingerprint density at radius 3 is 2.33 bits per heavy atom. The largest absolute Gasteiger partial charge is 0.355 e. The predicted octanol–water partition coefficient (Wildman–Crippen LogP) is 3.43. The topological polar surface area (TPSA) is 46.2 Å². The lowest BCUT2D eigenvalue weighted by Crippen LogP contribution is -2.25. The van der Waals surface area contributed by atoms with Crippen LogP contribution in [0, 0.1) is 0 Å². The molecule has 0 aliphatic carbocycles. The van der Waals surface area contributed by atoms with Crippen molar-refractivity contribution in [2.75, 3.05) is 18.1 Å². The molecule has 0 aromatic heterocycles. The number of ketones is 1. The molecule has 0 saturated carbocycles. The quantitative estimate of drug-likeness (QED) is 0.442. The van der Waals surface area contributed by atoms with E-state index in [1.807, 2.05) is 21.6 Å². The van der Waals surface area contributed by atoms with Crippen LogP contribution in [0.5, 0.6) is 0 Å². The summed E-state index contributed by atoms with van der Waals surface area (Å²) in [6, 6.07) is 0. The minimum absolute atomic E-state index is 0.109. The molecule has 0 unspecified atom stereocenters. The predicted molar refractivity (Wildman–Crippen MR) is 82.0 cm³/mol. The summed E-state index contributed by atoms with van der Waals surface area (Å²) in [6.07, 6.45) is 5.27. The highest BCUT2D eigenvalue weighted by atomic mass is 33.1. The molecule has 0 atom stereocenters. The number of nitrogens with one attached hydrogen (secondary N) is 1. The summed E-state index contributed by atoms with van der Waals surface area (Å²) >= 11 is 0. The van der Waals surface area contributed by atoms with Crippen molar-refractivity contribution in [3.63, 3.8) is 0 Å². The van der Waals surface area contributed by atoms with E-state index in [1.54, 1.807) is 6.92 Å². The summed E-state index contributed by atoms with van der Waals surface area (Å²) in [5.41, 5.74) is 0. The zero-order chi connectivity index (χ0) is 13.6. The van der Waals surface area contributed by atoms with Gasteiger partial charge in [-0.1, -0.05) is 34.9 Å². The molecule has 0 saturated heterocycles. The van der Waals surface area contributed by atoms with Crippen LogP contribution in [0.25, 0.3) is 0 Å². The smallest absolute Gasteiger partial charge is 0.220 e. The fourth-order valence-corrected chi connectivity index (χ4v) is 3.44. The lowest BCUT2D eigenvalue weighted by atomic mass is 10.1. The van der Waals surface area contributed by atoms with Crippen LogP contribution in [0.2, 0.25) is 0 Å². The number of Topliss-reactive ketones (excluding diaryl/α,β-unsaturated/α-hetero) is 1. The minimum atomic E-state index is 0.109. The first kappa shape index (κ1) is 17.8. The number of amides is 1. The first-order valence-corrected chi connectivity index (χ1v) is 9.16. The Balaban J connectivity index is 3.19. The van der Waals surface area contributed by atoms with E-state index in [1.165, 1.54) is 18.6 Å². The Morgan fingerprint density at radius 1 is 1.00 bits per heavy atom. The first-order chi connectivity index (χ1) is 8.66. The summed E-state index contributed by atoms with van der Waals surface area (Å²) in [5, 5.41) is 2.90. The summed E-state index contributed by atoms with van der Waals surface area (Å²) < 4.78 is 0. The van der Waals surface area contributed by atoms with Crippen molar-refractivity contribution in [2.24, 2.45) is 0 Å². The number of carbonyl (C=O) groups is 2. The Morgan fingerprint density at radius 2 is 1.67 bits per heavy atom. The molecule has 106 valence electrons. The third-order valence-corrected chi connectivity index (χ3v) is 4.85. The highest BCUT2D eigenvalue weighted by Crippen LogP contribution is 2.21. The van der Waals surface area contributed by atoms with Crippen molar-refractivity contribution < 1.29 is 9.59 Å². The van der Waals surface area contributed by atoms with E-state index in [0.717, 1.165) is 25.1 Å². The highest BCUT2D eigenvalue weighted by Gasteiger charge is 2.01. The standard InChI is InChI=1S/C13H25NO2S2/c1-3-4-10-17-18-11-9-14-13(16)8-6-5-7-12(2)15/h3-11H2,1-2H3,(H,14,16). The highest BCUT2D eigenvalue weighted by molar-refractivity contribution is 8.76. The number of hydrogen-bond acceptors (Lipinski definition) is 4. The zero-order valence-corrected chi connectivity index (χ0v) is 13.1. The fourth-order valence-electron chi connectivity index (χ4n) is 1.30. The molecule has 1 N–H and O–H groups in total. The second kappa shape index (κ2) is 13.3. The summed E-state index contributed by atoms with van der Waals surface area (Å²) in [6.45, 7) is 4.53. The van der Waals surface area contributed by atoms with Crippen LogP contribution in [0.3, 0.4) is 0 Å². The molecule has 0 spiro atoms. The van der Waals surface area contributed by atoms with Crippen molar-refractivity contribution >= 4 is 33.3 Å². The van der Waals surface area contributed by atoms with Gasteiger partial charge in [0.25, 0.3) is 0 Å². The second-order valence-corrected chi connectivity index (χ2v) is 6.96. The van der Waals surface area contributed by atoms with Gasteiger partial charge in [0.05, 0.1) is 0 Å². The average molecular weight is 291 g/mol. The number of carbonyl (C=O) groups excluding carboxylic acids is 2. The Bertz CT molecular complexity index is 235. The van der Waals surface area contributed by atoms with Crippen LogP contribution in [-0.2, 0) is 9.59 Å². The number of hydrogen-bond donors (Lipinski definition) is 1. The van der Waals surface area contributed by atoms with Gasteiger partial charge in [0, 0.05) is 30.9 Å². The molecule has 5 heteroatoms. The molecule has 0 aromatic carbocycles. The fraction of sp³-hybridized carbons (Fsp3) is 0.846. The van der Waals surface area contributed by atoms with Gasteiger partial charge in [0.1, 0.15) is 5.78 Å². The van der Waals surface area contributed by atoms with E-state index in [0.29, 0.717) is 12.8 Å². The Kier molecular flexibility index (Phi) is 13.2. The van der Waals surface area contributed by atoms with Gasteiger partial charge in [-0.05, 0) is 26.2 Å². The summed E-state index contributed by atoms with van der Waals surface area (Å²) in [4.78, 5) is 22.1. The van der Waals surface area contributed by atoms with E-state index in [-0.39, 0.29) is 11.7 Å². The van der Waals surface area contributed by atoms with Crippen molar-refractivity contribution in [2.45, 2.75) is 52.4 Å². The van der Waals surface area contributed by atoms with Crippen LogP contribution in [-0.4, -0.2) is 29.7 Å². The molecular formula is C13H25NO2S2. The van der Waals surface area contributed by atoms with Gasteiger partial charge >= 0.3 is 0 Å². The van der Waals surface area contributed by atoms with Gasteiger partial charge in [-0.15, -0.1) is 0 Å². The zero-order valence-electron chi connectivity index (χ0n) is 11.5. The molecular weight excluding hydrogens is 266 g/mol. The lowest BCUT2D eigenvalue weighted by molar-refractivity contribution is -0.121. The van der Waals surface area contributed by atoms with Gasteiger partial charge in [-0.2, -0.15) is 0 Å². The van der Waals surface area contributed by atoms with Gasteiger partial charge in [-0.25, -0.2) is 0 Å².